The first-order valence-electron chi connectivity index (χ1n) is 6.95. The summed E-state index contributed by atoms with van der Waals surface area (Å²) in [6.45, 7) is 4.52. The van der Waals surface area contributed by atoms with Crippen molar-refractivity contribution < 1.29 is 9.59 Å². The van der Waals surface area contributed by atoms with E-state index in [1.165, 1.54) is 6.92 Å². The molecule has 0 aliphatic rings. The smallest absolute Gasteiger partial charge is 0.246 e. The van der Waals surface area contributed by atoms with Gasteiger partial charge in [0.2, 0.25) is 11.8 Å². The Hall–Kier alpha value is -1.81. The maximum absolute atomic E-state index is 11.9. The van der Waals surface area contributed by atoms with Crippen molar-refractivity contribution in [2.24, 2.45) is 0 Å². The maximum Gasteiger partial charge on any atom is 0.246 e. The second kappa shape index (κ2) is 9.19. The van der Waals surface area contributed by atoms with Gasteiger partial charge in [0.15, 0.2) is 0 Å². The van der Waals surface area contributed by atoms with Crippen LogP contribution in [0.25, 0.3) is 6.08 Å². The van der Waals surface area contributed by atoms with Crippen LogP contribution in [-0.4, -0.2) is 24.9 Å². The van der Waals surface area contributed by atoms with Gasteiger partial charge in [-0.05, 0) is 43.5 Å². The fraction of sp³-hybridized carbons (Fsp3) is 0.375. The molecule has 0 aliphatic carbocycles. The van der Waals surface area contributed by atoms with E-state index in [-0.39, 0.29) is 11.8 Å². The van der Waals surface area contributed by atoms with Gasteiger partial charge in [-0.3, -0.25) is 9.59 Å². The highest BCUT2D eigenvalue weighted by molar-refractivity contribution is 6.30. The average Bonchev–Trinajstić information content (AvgIpc) is 2.44. The fourth-order valence-corrected chi connectivity index (χ4v) is 1.86. The van der Waals surface area contributed by atoms with E-state index in [4.69, 9.17) is 11.6 Å². The lowest BCUT2D eigenvalue weighted by Crippen LogP contribution is -2.26. The first-order chi connectivity index (χ1) is 9.99. The van der Waals surface area contributed by atoms with Crippen LogP contribution in [0.2, 0.25) is 5.02 Å². The van der Waals surface area contributed by atoms with Crippen LogP contribution >= 0.6 is 11.6 Å². The standard InChI is InChI=1S/C16H21ClN2O2/c1-12(11-14-5-7-15(17)8-6-14)16(21)19-10-4-3-9-18-13(2)20/h5-8,11H,3-4,9-10H2,1-2H3,(H,18,20)(H,19,21)/b12-11+. The summed E-state index contributed by atoms with van der Waals surface area (Å²) < 4.78 is 0. The molecule has 114 valence electrons. The molecule has 0 fully saturated rings. The molecule has 4 nitrogen and oxygen atoms in total. The Labute approximate surface area is 130 Å². The van der Waals surface area contributed by atoms with Gasteiger partial charge in [-0.25, -0.2) is 0 Å². The average molecular weight is 309 g/mol. The van der Waals surface area contributed by atoms with E-state index in [0.717, 1.165) is 18.4 Å². The molecule has 0 atom stereocenters. The van der Waals surface area contributed by atoms with Crippen LogP contribution in [0.15, 0.2) is 29.8 Å². The molecular weight excluding hydrogens is 288 g/mol. The second-order valence-electron chi connectivity index (χ2n) is 4.82. The van der Waals surface area contributed by atoms with Crippen molar-refractivity contribution in [1.82, 2.24) is 10.6 Å². The number of carbonyl (C=O) groups excluding carboxylic acids is 2. The van der Waals surface area contributed by atoms with Crippen molar-refractivity contribution >= 4 is 29.5 Å². The van der Waals surface area contributed by atoms with Gasteiger partial charge in [-0.2, -0.15) is 0 Å². The largest absolute Gasteiger partial charge is 0.356 e. The lowest BCUT2D eigenvalue weighted by molar-refractivity contribution is -0.119. The van der Waals surface area contributed by atoms with Gasteiger partial charge in [0.1, 0.15) is 0 Å². The van der Waals surface area contributed by atoms with Gasteiger partial charge >= 0.3 is 0 Å². The van der Waals surface area contributed by atoms with E-state index in [1.807, 2.05) is 18.2 Å². The van der Waals surface area contributed by atoms with Gasteiger partial charge in [-0.1, -0.05) is 23.7 Å². The Morgan fingerprint density at radius 3 is 2.19 bits per heavy atom. The summed E-state index contributed by atoms with van der Waals surface area (Å²) in [6, 6.07) is 7.32. The van der Waals surface area contributed by atoms with Crippen molar-refractivity contribution in [2.45, 2.75) is 26.7 Å². The van der Waals surface area contributed by atoms with E-state index in [0.29, 0.717) is 23.7 Å². The van der Waals surface area contributed by atoms with Gasteiger partial charge in [0.05, 0.1) is 0 Å². The van der Waals surface area contributed by atoms with Crippen LogP contribution in [0.1, 0.15) is 32.3 Å². The summed E-state index contributed by atoms with van der Waals surface area (Å²) in [5.74, 6) is -0.106. The van der Waals surface area contributed by atoms with Crippen molar-refractivity contribution in [3.05, 3.63) is 40.4 Å². The fourth-order valence-electron chi connectivity index (χ4n) is 1.73. The normalized spacial score (nSPS) is 11.1. The van der Waals surface area contributed by atoms with Gasteiger partial charge in [0.25, 0.3) is 0 Å². The Morgan fingerprint density at radius 2 is 1.62 bits per heavy atom. The Kier molecular flexibility index (Phi) is 7.54. The van der Waals surface area contributed by atoms with Crippen LogP contribution < -0.4 is 10.6 Å². The minimum absolute atomic E-state index is 0.0271. The zero-order valence-electron chi connectivity index (χ0n) is 12.4. The Morgan fingerprint density at radius 1 is 1.05 bits per heavy atom. The molecule has 5 heteroatoms. The molecule has 0 bridgehead atoms. The van der Waals surface area contributed by atoms with Gasteiger partial charge in [-0.15, -0.1) is 0 Å². The second-order valence-corrected chi connectivity index (χ2v) is 5.26. The zero-order valence-corrected chi connectivity index (χ0v) is 13.2. The van der Waals surface area contributed by atoms with Gasteiger partial charge < -0.3 is 10.6 Å². The summed E-state index contributed by atoms with van der Waals surface area (Å²) >= 11 is 5.81. The molecule has 0 saturated heterocycles. The molecule has 1 rings (SSSR count). The van der Waals surface area contributed by atoms with Crippen LogP contribution in [0.5, 0.6) is 0 Å². The van der Waals surface area contributed by atoms with Crippen LogP contribution in [0, 0.1) is 0 Å². The highest BCUT2D eigenvalue weighted by Gasteiger charge is 2.03. The lowest BCUT2D eigenvalue weighted by atomic mass is 10.1. The molecule has 21 heavy (non-hydrogen) atoms. The molecule has 2 amide bonds. The molecule has 0 aliphatic heterocycles. The third-order valence-electron chi connectivity index (χ3n) is 2.87. The van der Waals surface area contributed by atoms with E-state index in [1.54, 1.807) is 19.1 Å². The Balaban J connectivity index is 2.31. The quantitative estimate of drug-likeness (QED) is 0.601. The van der Waals surface area contributed by atoms with Crippen molar-refractivity contribution in [1.29, 1.82) is 0 Å². The SMILES string of the molecule is CC(=O)NCCCCNC(=O)/C(C)=C/c1ccc(Cl)cc1. The molecule has 1 aromatic rings. The zero-order chi connectivity index (χ0) is 15.7. The van der Waals surface area contributed by atoms with Crippen molar-refractivity contribution in [3.63, 3.8) is 0 Å². The van der Waals surface area contributed by atoms with Crippen LogP contribution in [0.4, 0.5) is 0 Å². The summed E-state index contributed by atoms with van der Waals surface area (Å²) in [6.07, 6.45) is 3.50. The minimum Gasteiger partial charge on any atom is -0.356 e. The molecule has 1 aromatic carbocycles. The molecule has 0 heterocycles. The molecule has 0 unspecified atom stereocenters. The summed E-state index contributed by atoms with van der Waals surface area (Å²) in [5.41, 5.74) is 1.59. The topological polar surface area (TPSA) is 58.2 Å². The van der Waals surface area contributed by atoms with E-state index in [9.17, 15) is 9.59 Å². The number of amides is 2. The third-order valence-corrected chi connectivity index (χ3v) is 3.13. The number of carbonyl (C=O) groups is 2. The third kappa shape index (κ3) is 7.51. The summed E-state index contributed by atoms with van der Waals surface area (Å²) in [5, 5.41) is 6.25. The molecule has 0 spiro atoms. The molecule has 0 aromatic heterocycles. The number of hydrogen-bond donors (Lipinski definition) is 2. The summed E-state index contributed by atoms with van der Waals surface area (Å²) in [4.78, 5) is 22.6. The number of halogens is 1. The predicted octanol–water partition coefficient (Wildman–Crippen LogP) is 2.78. The number of hydrogen-bond acceptors (Lipinski definition) is 2. The minimum atomic E-state index is -0.0792. The maximum atomic E-state index is 11.9. The Bertz CT molecular complexity index is 510. The first-order valence-corrected chi connectivity index (χ1v) is 7.33. The molecule has 0 radical (unpaired) electrons. The van der Waals surface area contributed by atoms with Crippen molar-refractivity contribution in [2.75, 3.05) is 13.1 Å². The number of benzene rings is 1. The number of unbranched alkanes of at least 4 members (excludes halogenated alkanes) is 1. The highest BCUT2D eigenvalue weighted by Crippen LogP contribution is 2.12. The lowest BCUT2D eigenvalue weighted by Gasteiger charge is -2.06. The van der Waals surface area contributed by atoms with Gasteiger partial charge in [0, 0.05) is 30.6 Å². The molecule has 0 saturated carbocycles. The molecular formula is C16H21ClN2O2. The van der Waals surface area contributed by atoms with E-state index in [2.05, 4.69) is 10.6 Å². The van der Waals surface area contributed by atoms with Crippen molar-refractivity contribution in [3.8, 4) is 0 Å². The van der Waals surface area contributed by atoms with E-state index >= 15 is 0 Å². The molecule has 2 N–H and O–H groups in total. The highest BCUT2D eigenvalue weighted by atomic mass is 35.5. The van der Waals surface area contributed by atoms with E-state index < -0.39 is 0 Å². The number of nitrogens with one attached hydrogen (secondary N) is 2. The predicted molar refractivity (Wildman–Crippen MR) is 86.0 cm³/mol. The summed E-state index contributed by atoms with van der Waals surface area (Å²) in [7, 11) is 0. The van der Waals surface area contributed by atoms with Crippen LogP contribution in [-0.2, 0) is 9.59 Å². The first kappa shape index (κ1) is 17.2. The monoisotopic (exact) mass is 308 g/mol. The number of rotatable bonds is 7. The van der Waals surface area contributed by atoms with Crippen LogP contribution in [0.3, 0.4) is 0 Å².